The van der Waals surface area contributed by atoms with Gasteiger partial charge in [-0.3, -0.25) is 4.79 Å². The first-order valence-corrected chi connectivity index (χ1v) is 5.54. The zero-order valence-electron chi connectivity index (χ0n) is 8.87. The maximum Gasteiger partial charge on any atom is 0.243 e. The topological polar surface area (TPSA) is 41.1 Å². The average molecular weight is 231 g/mol. The molecule has 1 aliphatic carbocycles. The molecule has 0 aromatic rings. The first kappa shape index (κ1) is 12.5. The van der Waals surface area contributed by atoms with Gasteiger partial charge in [-0.25, -0.2) is 0 Å². The van der Waals surface area contributed by atoms with Gasteiger partial charge in [-0.1, -0.05) is 6.08 Å². The molecule has 2 N–H and O–H groups in total. The van der Waals surface area contributed by atoms with Crippen LogP contribution in [0.3, 0.4) is 0 Å². The van der Waals surface area contributed by atoms with E-state index in [1.165, 1.54) is 12.8 Å². The molecule has 15 heavy (non-hydrogen) atoms. The molecule has 2 aliphatic rings. The number of rotatable bonds is 3. The standard InChI is InChI=1S/C11H18N2O.ClH/c14-11(6-5-9-3-4-9)13-10-2-1-7-12-8-10;/h5-6,9-10,12H,1-4,7-8H2,(H,13,14);1H/b6-5+;/t10-;/m0./s1. The largest absolute Gasteiger partial charge is 0.349 e. The van der Waals surface area contributed by atoms with E-state index in [0.29, 0.717) is 12.0 Å². The van der Waals surface area contributed by atoms with Crippen LogP contribution in [-0.2, 0) is 4.79 Å². The van der Waals surface area contributed by atoms with Gasteiger partial charge in [0.05, 0.1) is 0 Å². The summed E-state index contributed by atoms with van der Waals surface area (Å²) < 4.78 is 0. The summed E-state index contributed by atoms with van der Waals surface area (Å²) in [6.07, 6.45) is 8.52. The zero-order valence-corrected chi connectivity index (χ0v) is 9.69. The first-order chi connectivity index (χ1) is 6.84. The Balaban J connectivity index is 0.00000112. The lowest BCUT2D eigenvalue weighted by Crippen LogP contribution is -2.45. The molecule has 1 saturated heterocycles. The molecule has 1 heterocycles. The Hall–Kier alpha value is -0.540. The van der Waals surface area contributed by atoms with Crippen LogP contribution >= 0.6 is 12.4 Å². The van der Waals surface area contributed by atoms with E-state index < -0.39 is 0 Å². The van der Waals surface area contributed by atoms with Crippen LogP contribution < -0.4 is 10.6 Å². The van der Waals surface area contributed by atoms with Crippen molar-refractivity contribution in [3.63, 3.8) is 0 Å². The van der Waals surface area contributed by atoms with Crippen molar-refractivity contribution in [2.24, 2.45) is 5.92 Å². The molecular formula is C11H19ClN2O. The van der Waals surface area contributed by atoms with E-state index in [-0.39, 0.29) is 18.3 Å². The highest BCUT2D eigenvalue weighted by Gasteiger charge is 2.18. The Morgan fingerprint density at radius 2 is 2.13 bits per heavy atom. The van der Waals surface area contributed by atoms with Gasteiger partial charge >= 0.3 is 0 Å². The monoisotopic (exact) mass is 230 g/mol. The summed E-state index contributed by atoms with van der Waals surface area (Å²) in [5.74, 6) is 0.760. The normalized spacial score (nSPS) is 26.0. The van der Waals surface area contributed by atoms with Crippen LogP contribution in [-0.4, -0.2) is 25.0 Å². The number of carbonyl (C=O) groups excluding carboxylic acids is 1. The van der Waals surface area contributed by atoms with Crippen molar-refractivity contribution in [3.05, 3.63) is 12.2 Å². The minimum Gasteiger partial charge on any atom is -0.349 e. The van der Waals surface area contributed by atoms with E-state index in [2.05, 4.69) is 10.6 Å². The predicted octanol–water partition coefficient (Wildman–Crippen LogP) is 1.24. The maximum atomic E-state index is 11.4. The van der Waals surface area contributed by atoms with Crippen LogP contribution in [0.15, 0.2) is 12.2 Å². The molecule has 0 unspecified atom stereocenters. The van der Waals surface area contributed by atoms with Crippen molar-refractivity contribution in [2.45, 2.75) is 31.7 Å². The van der Waals surface area contributed by atoms with Gasteiger partial charge in [0.25, 0.3) is 0 Å². The number of hydrogen-bond acceptors (Lipinski definition) is 2. The molecule has 1 amide bonds. The van der Waals surface area contributed by atoms with Gasteiger partial charge in [-0.05, 0) is 44.2 Å². The minimum atomic E-state index is 0. The second-order valence-electron chi connectivity index (χ2n) is 4.25. The Bertz CT molecular complexity index is 233. The molecule has 3 nitrogen and oxygen atoms in total. The highest BCUT2D eigenvalue weighted by atomic mass is 35.5. The molecular weight excluding hydrogens is 212 g/mol. The molecule has 0 spiro atoms. The van der Waals surface area contributed by atoms with E-state index in [1.807, 2.05) is 6.08 Å². The molecule has 2 rings (SSSR count). The molecule has 0 bridgehead atoms. The third-order valence-electron chi connectivity index (χ3n) is 2.79. The van der Waals surface area contributed by atoms with Crippen molar-refractivity contribution < 1.29 is 4.79 Å². The van der Waals surface area contributed by atoms with Gasteiger partial charge in [0.1, 0.15) is 0 Å². The lowest BCUT2D eigenvalue weighted by Gasteiger charge is -2.23. The third-order valence-corrected chi connectivity index (χ3v) is 2.79. The van der Waals surface area contributed by atoms with Crippen molar-refractivity contribution >= 4 is 18.3 Å². The van der Waals surface area contributed by atoms with Crippen LogP contribution in [0.4, 0.5) is 0 Å². The number of amides is 1. The quantitative estimate of drug-likeness (QED) is 0.717. The summed E-state index contributed by atoms with van der Waals surface area (Å²) in [5.41, 5.74) is 0. The molecule has 4 heteroatoms. The number of allylic oxidation sites excluding steroid dienone is 1. The van der Waals surface area contributed by atoms with Gasteiger partial charge in [0.15, 0.2) is 0 Å². The van der Waals surface area contributed by atoms with E-state index in [4.69, 9.17) is 0 Å². The van der Waals surface area contributed by atoms with Crippen molar-refractivity contribution in [1.29, 1.82) is 0 Å². The summed E-state index contributed by atoms with van der Waals surface area (Å²) in [5, 5.41) is 6.29. The van der Waals surface area contributed by atoms with E-state index in [0.717, 1.165) is 25.9 Å². The summed E-state index contributed by atoms with van der Waals surface area (Å²) in [7, 11) is 0. The fourth-order valence-electron chi connectivity index (χ4n) is 1.74. The lowest BCUT2D eigenvalue weighted by molar-refractivity contribution is -0.117. The smallest absolute Gasteiger partial charge is 0.243 e. The first-order valence-electron chi connectivity index (χ1n) is 5.54. The zero-order chi connectivity index (χ0) is 9.80. The third kappa shape index (κ3) is 4.67. The molecule has 2 fully saturated rings. The number of nitrogens with one attached hydrogen (secondary N) is 2. The van der Waals surface area contributed by atoms with Gasteiger partial charge in [-0.15, -0.1) is 12.4 Å². The summed E-state index contributed by atoms with van der Waals surface area (Å²) >= 11 is 0. The number of halogens is 1. The summed E-state index contributed by atoms with van der Waals surface area (Å²) in [6, 6.07) is 0.333. The fraction of sp³-hybridized carbons (Fsp3) is 0.727. The van der Waals surface area contributed by atoms with Gasteiger partial charge in [0, 0.05) is 12.6 Å². The van der Waals surface area contributed by atoms with Crippen molar-refractivity contribution in [3.8, 4) is 0 Å². The predicted molar refractivity (Wildman–Crippen MR) is 63.1 cm³/mol. The van der Waals surface area contributed by atoms with Crippen LogP contribution in [0.1, 0.15) is 25.7 Å². The maximum absolute atomic E-state index is 11.4. The number of piperidine rings is 1. The average Bonchev–Trinajstić information content (AvgIpc) is 3.00. The minimum absolute atomic E-state index is 0. The highest BCUT2D eigenvalue weighted by Crippen LogP contribution is 2.29. The Labute approximate surface area is 97.1 Å². The van der Waals surface area contributed by atoms with E-state index in [9.17, 15) is 4.79 Å². The van der Waals surface area contributed by atoms with E-state index >= 15 is 0 Å². The Kier molecular flexibility index (Phi) is 5.12. The van der Waals surface area contributed by atoms with Crippen LogP contribution in [0.2, 0.25) is 0 Å². The highest BCUT2D eigenvalue weighted by molar-refractivity contribution is 5.87. The Morgan fingerprint density at radius 1 is 1.33 bits per heavy atom. The molecule has 1 aliphatic heterocycles. The summed E-state index contributed by atoms with van der Waals surface area (Å²) in [6.45, 7) is 2.01. The molecule has 0 radical (unpaired) electrons. The SMILES string of the molecule is Cl.O=C(/C=C/C1CC1)N[C@H]1CCCNC1. The van der Waals surface area contributed by atoms with E-state index in [1.54, 1.807) is 6.08 Å². The lowest BCUT2D eigenvalue weighted by atomic mass is 10.1. The van der Waals surface area contributed by atoms with Crippen LogP contribution in [0, 0.1) is 5.92 Å². The van der Waals surface area contributed by atoms with Crippen LogP contribution in [0.25, 0.3) is 0 Å². The number of hydrogen-bond donors (Lipinski definition) is 2. The van der Waals surface area contributed by atoms with Gasteiger partial charge in [-0.2, -0.15) is 0 Å². The Morgan fingerprint density at radius 3 is 2.73 bits per heavy atom. The van der Waals surface area contributed by atoms with Gasteiger partial charge in [0.2, 0.25) is 5.91 Å². The summed E-state index contributed by atoms with van der Waals surface area (Å²) in [4.78, 5) is 11.4. The fourth-order valence-corrected chi connectivity index (χ4v) is 1.74. The molecule has 0 aromatic carbocycles. The van der Waals surface area contributed by atoms with Crippen molar-refractivity contribution in [1.82, 2.24) is 10.6 Å². The second-order valence-corrected chi connectivity index (χ2v) is 4.25. The number of carbonyl (C=O) groups is 1. The van der Waals surface area contributed by atoms with Crippen molar-refractivity contribution in [2.75, 3.05) is 13.1 Å². The van der Waals surface area contributed by atoms with Crippen LogP contribution in [0.5, 0.6) is 0 Å². The second kappa shape index (κ2) is 6.13. The molecule has 86 valence electrons. The molecule has 0 aromatic heterocycles. The molecule has 1 atom stereocenters. The molecule has 1 saturated carbocycles. The van der Waals surface area contributed by atoms with Gasteiger partial charge < -0.3 is 10.6 Å².